The van der Waals surface area contributed by atoms with E-state index in [-0.39, 0.29) is 17.2 Å². The lowest BCUT2D eigenvalue weighted by Gasteiger charge is -2.31. The Hall–Kier alpha value is -1.44. The van der Waals surface area contributed by atoms with Crippen molar-refractivity contribution in [3.05, 3.63) is 52.6 Å². The molecule has 1 aromatic carbocycles. The van der Waals surface area contributed by atoms with Crippen LogP contribution in [0.2, 0.25) is 0 Å². The van der Waals surface area contributed by atoms with Crippen molar-refractivity contribution in [3.63, 3.8) is 0 Å². The van der Waals surface area contributed by atoms with Crippen LogP contribution < -0.4 is 0 Å². The quantitative estimate of drug-likeness (QED) is 0.217. The molecular formula is C33H50F2. The maximum atomic E-state index is 14.6. The highest BCUT2D eigenvalue weighted by molar-refractivity contribution is 5.69. The lowest BCUT2D eigenvalue weighted by Crippen LogP contribution is -2.17. The number of benzene rings is 1. The van der Waals surface area contributed by atoms with Gasteiger partial charge in [-0.15, -0.1) is 0 Å². The van der Waals surface area contributed by atoms with Crippen molar-refractivity contribution in [2.45, 2.75) is 136 Å². The summed E-state index contributed by atoms with van der Waals surface area (Å²) in [6.45, 7) is 4.39. The Morgan fingerprint density at radius 1 is 0.686 bits per heavy atom. The van der Waals surface area contributed by atoms with Gasteiger partial charge in [0.25, 0.3) is 0 Å². The van der Waals surface area contributed by atoms with Crippen molar-refractivity contribution in [1.29, 1.82) is 0 Å². The Balaban J connectivity index is 1.41. The number of allylic oxidation sites excluding steroid dienone is 4. The summed E-state index contributed by atoms with van der Waals surface area (Å²) in [5, 5.41) is 0. The summed E-state index contributed by atoms with van der Waals surface area (Å²) in [4.78, 5) is 0. The van der Waals surface area contributed by atoms with Gasteiger partial charge in [-0.05, 0) is 86.5 Å². The molecule has 1 fully saturated rings. The van der Waals surface area contributed by atoms with Crippen LogP contribution in [0.3, 0.4) is 0 Å². The summed E-state index contributed by atoms with van der Waals surface area (Å²) in [5.41, 5.74) is 3.63. The molecule has 0 unspecified atom stereocenters. The molecule has 0 aliphatic heterocycles. The predicted octanol–water partition coefficient (Wildman–Crippen LogP) is 11.1. The lowest BCUT2D eigenvalue weighted by atomic mass is 9.74. The standard InChI is InChI=1S/C33H50F2/c1-3-5-7-8-9-10-11-13-14-26-16-18-27(19-17-26)28-20-22-29(23-21-28)30-24-32(34)31(33(35)25-30)15-12-6-4-2/h20,22,24-27H,3-19,21,23H2,1-2H3. The third kappa shape index (κ3) is 9.18. The summed E-state index contributed by atoms with van der Waals surface area (Å²) in [6, 6.07) is 3.12. The Bertz CT molecular complexity index is 787. The summed E-state index contributed by atoms with van der Waals surface area (Å²) < 4.78 is 29.2. The molecule has 0 nitrogen and oxygen atoms in total. The van der Waals surface area contributed by atoms with Gasteiger partial charge in [-0.3, -0.25) is 0 Å². The van der Waals surface area contributed by atoms with Gasteiger partial charge in [0.2, 0.25) is 0 Å². The molecule has 0 spiro atoms. The Morgan fingerprint density at radius 2 is 1.29 bits per heavy atom. The van der Waals surface area contributed by atoms with E-state index in [1.165, 1.54) is 83.5 Å². The highest BCUT2D eigenvalue weighted by atomic mass is 19.1. The molecule has 2 aliphatic rings. The van der Waals surface area contributed by atoms with Crippen LogP contribution in [0, 0.1) is 23.5 Å². The number of halogens is 2. The van der Waals surface area contributed by atoms with Crippen molar-refractivity contribution >= 4 is 5.57 Å². The fourth-order valence-corrected chi connectivity index (χ4v) is 6.20. The highest BCUT2D eigenvalue weighted by Crippen LogP contribution is 2.40. The zero-order valence-electron chi connectivity index (χ0n) is 22.7. The van der Waals surface area contributed by atoms with E-state index in [1.54, 1.807) is 17.7 Å². The molecule has 35 heavy (non-hydrogen) atoms. The molecule has 0 aromatic heterocycles. The van der Waals surface area contributed by atoms with Crippen molar-refractivity contribution in [2.24, 2.45) is 11.8 Å². The van der Waals surface area contributed by atoms with Gasteiger partial charge in [0.05, 0.1) is 0 Å². The maximum Gasteiger partial charge on any atom is 0.129 e. The molecule has 0 atom stereocenters. The Morgan fingerprint density at radius 3 is 1.89 bits per heavy atom. The number of hydrogen-bond donors (Lipinski definition) is 0. The lowest BCUT2D eigenvalue weighted by molar-refractivity contribution is 0.278. The van der Waals surface area contributed by atoms with Crippen molar-refractivity contribution in [1.82, 2.24) is 0 Å². The molecule has 0 radical (unpaired) electrons. The van der Waals surface area contributed by atoms with Gasteiger partial charge in [0, 0.05) is 5.56 Å². The molecule has 1 aromatic rings. The van der Waals surface area contributed by atoms with Gasteiger partial charge in [-0.25, -0.2) is 8.78 Å². The molecule has 3 rings (SSSR count). The van der Waals surface area contributed by atoms with E-state index in [9.17, 15) is 8.78 Å². The van der Waals surface area contributed by atoms with Crippen LogP contribution in [-0.4, -0.2) is 0 Å². The third-order valence-electron chi connectivity index (χ3n) is 8.56. The van der Waals surface area contributed by atoms with Gasteiger partial charge in [-0.1, -0.05) is 102 Å². The molecular weight excluding hydrogens is 434 g/mol. The fraction of sp³-hybridized carbons (Fsp3) is 0.697. The topological polar surface area (TPSA) is 0 Å². The van der Waals surface area contributed by atoms with Crippen LogP contribution in [0.5, 0.6) is 0 Å². The predicted molar refractivity (Wildman–Crippen MR) is 148 cm³/mol. The van der Waals surface area contributed by atoms with Gasteiger partial charge >= 0.3 is 0 Å². The molecule has 0 N–H and O–H groups in total. The average molecular weight is 485 g/mol. The Labute approximate surface area is 214 Å². The monoisotopic (exact) mass is 484 g/mol. The van der Waals surface area contributed by atoms with Gasteiger partial charge in [0.1, 0.15) is 11.6 Å². The van der Waals surface area contributed by atoms with E-state index >= 15 is 0 Å². The van der Waals surface area contributed by atoms with E-state index in [1.807, 2.05) is 0 Å². The van der Waals surface area contributed by atoms with E-state index in [0.29, 0.717) is 6.42 Å². The molecule has 0 heterocycles. The highest BCUT2D eigenvalue weighted by Gasteiger charge is 2.25. The van der Waals surface area contributed by atoms with Gasteiger partial charge in [0.15, 0.2) is 0 Å². The minimum atomic E-state index is -0.374. The van der Waals surface area contributed by atoms with Crippen molar-refractivity contribution in [2.75, 3.05) is 0 Å². The number of unbranched alkanes of at least 4 members (excludes halogenated alkanes) is 9. The second kappa shape index (κ2) is 15.6. The summed E-state index contributed by atoms with van der Waals surface area (Å²) >= 11 is 0. The summed E-state index contributed by atoms with van der Waals surface area (Å²) in [5.74, 6) is 0.906. The van der Waals surface area contributed by atoms with Crippen LogP contribution in [0.1, 0.15) is 141 Å². The third-order valence-corrected chi connectivity index (χ3v) is 8.56. The van der Waals surface area contributed by atoms with E-state index < -0.39 is 0 Å². The van der Waals surface area contributed by atoms with Crippen LogP contribution in [0.25, 0.3) is 5.57 Å². The summed E-state index contributed by atoms with van der Waals surface area (Å²) in [7, 11) is 0. The first-order valence-electron chi connectivity index (χ1n) is 15.0. The van der Waals surface area contributed by atoms with Crippen LogP contribution in [0.15, 0.2) is 29.9 Å². The number of rotatable bonds is 15. The van der Waals surface area contributed by atoms with Crippen molar-refractivity contribution in [3.8, 4) is 0 Å². The second-order valence-electron chi connectivity index (χ2n) is 11.3. The average Bonchev–Trinajstić information content (AvgIpc) is 2.88. The normalized spacial score (nSPS) is 20.6. The molecule has 2 aliphatic carbocycles. The molecule has 2 heteroatoms. The minimum absolute atomic E-state index is 0.263. The molecule has 0 saturated heterocycles. The van der Waals surface area contributed by atoms with E-state index in [2.05, 4.69) is 26.0 Å². The first-order valence-corrected chi connectivity index (χ1v) is 15.0. The van der Waals surface area contributed by atoms with Crippen molar-refractivity contribution < 1.29 is 8.78 Å². The van der Waals surface area contributed by atoms with Crippen LogP contribution >= 0.6 is 0 Å². The van der Waals surface area contributed by atoms with Gasteiger partial charge in [-0.2, -0.15) is 0 Å². The fourth-order valence-electron chi connectivity index (χ4n) is 6.20. The molecule has 1 saturated carbocycles. The smallest absolute Gasteiger partial charge is 0.129 e. The molecule has 0 amide bonds. The van der Waals surface area contributed by atoms with Gasteiger partial charge < -0.3 is 0 Å². The second-order valence-corrected chi connectivity index (χ2v) is 11.3. The Kier molecular flexibility index (Phi) is 12.6. The van der Waals surface area contributed by atoms with E-state index in [0.717, 1.165) is 55.1 Å². The van der Waals surface area contributed by atoms with Crippen LogP contribution in [0.4, 0.5) is 8.78 Å². The number of hydrogen-bond acceptors (Lipinski definition) is 0. The first kappa shape index (κ1) is 28.1. The molecule has 0 bridgehead atoms. The van der Waals surface area contributed by atoms with Crippen LogP contribution in [-0.2, 0) is 6.42 Å². The zero-order chi connectivity index (χ0) is 24.9. The summed E-state index contributed by atoms with van der Waals surface area (Å²) in [6.07, 6.45) is 27.9. The maximum absolute atomic E-state index is 14.6. The minimum Gasteiger partial charge on any atom is -0.207 e. The molecule has 196 valence electrons. The zero-order valence-corrected chi connectivity index (χ0v) is 22.7. The SMILES string of the molecule is CCCCCCCCCCC1CCC(C2=CC=C(c3cc(F)c(CCCCC)c(F)c3)CC2)CC1. The first-order chi connectivity index (χ1) is 17.1. The largest absolute Gasteiger partial charge is 0.207 e. The van der Waals surface area contributed by atoms with E-state index in [4.69, 9.17) is 0 Å².